The number of aromatic nitrogens is 3. The normalized spacial score (nSPS) is 14.7. The van der Waals surface area contributed by atoms with Crippen molar-refractivity contribution in [2.45, 2.75) is 24.0 Å². The van der Waals surface area contributed by atoms with E-state index in [1.165, 1.54) is 28.9 Å². The summed E-state index contributed by atoms with van der Waals surface area (Å²) in [5.74, 6) is 0. The zero-order valence-electron chi connectivity index (χ0n) is 12.2. The third-order valence-corrected chi connectivity index (χ3v) is 3.87. The lowest BCUT2D eigenvalue weighted by Crippen LogP contribution is -2.40. The van der Waals surface area contributed by atoms with Gasteiger partial charge in [-0.3, -0.25) is 0 Å². The lowest BCUT2D eigenvalue weighted by molar-refractivity contribution is 0.0398. The van der Waals surface area contributed by atoms with E-state index in [0.717, 1.165) is 0 Å². The Bertz CT molecular complexity index is 741. The van der Waals surface area contributed by atoms with Crippen molar-refractivity contribution in [3.05, 3.63) is 30.5 Å². The monoisotopic (exact) mass is 328 g/mol. The number of rotatable bonds is 6. The van der Waals surface area contributed by atoms with Crippen molar-refractivity contribution < 1.29 is 17.4 Å². The molecule has 2 N–H and O–H groups in total. The minimum atomic E-state index is -4.71. The molecule has 2 rings (SSSR count). The van der Waals surface area contributed by atoms with Crippen LogP contribution in [0, 0.1) is 0 Å². The van der Waals surface area contributed by atoms with Gasteiger partial charge in [0.15, 0.2) is 0 Å². The first kappa shape index (κ1) is 16.5. The first-order valence-corrected chi connectivity index (χ1v) is 7.92. The molecule has 0 bridgehead atoms. The first-order valence-electron chi connectivity index (χ1n) is 6.53. The number of halogens is 1. The predicted octanol–water partition coefficient (Wildman–Crippen LogP) is 0.574. The Kier molecular flexibility index (Phi) is 4.59. The molecule has 9 heteroatoms. The Labute approximate surface area is 128 Å². The van der Waals surface area contributed by atoms with Gasteiger partial charge in [-0.15, -0.1) is 8.98 Å². The first-order chi connectivity index (χ1) is 10.2. The minimum Gasteiger partial charge on any atom is -0.387 e. The Hall–Kier alpha value is -1.84. The van der Waals surface area contributed by atoms with Crippen LogP contribution in [0.4, 0.5) is 3.89 Å². The summed E-state index contributed by atoms with van der Waals surface area (Å²) in [6, 6.07) is 5.24. The third kappa shape index (κ3) is 4.09. The zero-order valence-corrected chi connectivity index (χ0v) is 13.0. The van der Waals surface area contributed by atoms with Crippen LogP contribution in [0.3, 0.4) is 0 Å². The molecule has 120 valence electrons. The van der Waals surface area contributed by atoms with Crippen LogP contribution < -0.4 is 5.32 Å². The van der Waals surface area contributed by atoms with E-state index in [4.69, 9.17) is 0 Å². The van der Waals surface area contributed by atoms with Crippen molar-refractivity contribution >= 4 is 10.2 Å². The standard InChI is InChI=1S/C13H17FN4O3S/c1-13(19,8-15-2)9-18-7-12(16-17-18)10-3-5-11(6-4-10)22(14,20)21/h3-7,15,19H,8-9H2,1-2H3. The molecule has 1 heterocycles. The summed E-state index contributed by atoms with van der Waals surface area (Å²) in [5, 5.41) is 20.9. The number of benzene rings is 1. The molecule has 0 saturated carbocycles. The molecule has 1 unspecified atom stereocenters. The van der Waals surface area contributed by atoms with Gasteiger partial charge in [-0.25, -0.2) is 4.68 Å². The molecule has 2 aromatic rings. The number of likely N-dealkylation sites (N-methyl/N-ethyl adjacent to an activating group) is 1. The van der Waals surface area contributed by atoms with Crippen molar-refractivity contribution in [3.8, 4) is 11.3 Å². The second kappa shape index (κ2) is 6.11. The summed E-state index contributed by atoms with van der Waals surface area (Å²) in [7, 11) is -2.97. The molecular formula is C13H17FN4O3S. The fraction of sp³-hybridized carbons (Fsp3) is 0.385. The molecular weight excluding hydrogens is 311 g/mol. The Morgan fingerprint density at radius 1 is 1.36 bits per heavy atom. The van der Waals surface area contributed by atoms with Crippen LogP contribution in [0.5, 0.6) is 0 Å². The topological polar surface area (TPSA) is 97.1 Å². The molecule has 1 atom stereocenters. The van der Waals surface area contributed by atoms with Gasteiger partial charge in [0.2, 0.25) is 0 Å². The summed E-state index contributed by atoms with van der Waals surface area (Å²) >= 11 is 0. The van der Waals surface area contributed by atoms with Crippen LogP contribution in [-0.4, -0.2) is 47.7 Å². The van der Waals surface area contributed by atoms with Gasteiger partial charge in [-0.05, 0) is 26.1 Å². The fourth-order valence-corrected chi connectivity index (χ4v) is 2.54. The molecule has 0 radical (unpaired) electrons. The smallest absolute Gasteiger partial charge is 0.332 e. The maximum atomic E-state index is 12.8. The molecule has 0 amide bonds. The second-order valence-corrected chi connectivity index (χ2v) is 6.64. The molecule has 0 aliphatic rings. The van der Waals surface area contributed by atoms with Gasteiger partial charge in [0.25, 0.3) is 0 Å². The molecule has 0 aliphatic heterocycles. The second-order valence-electron chi connectivity index (χ2n) is 5.29. The van der Waals surface area contributed by atoms with Crippen molar-refractivity contribution in [2.24, 2.45) is 0 Å². The van der Waals surface area contributed by atoms with Crippen LogP contribution in [0.25, 0.3) is 11.3 Å². The zero-order chi connectivity index (χ0) is 16.4. The summed E-state index contributed by atoms with van der Waals surface area (Å²) in [6.07, 6.45) is 1.63. The van der Waals surface area contributed by atoms with Gasteiger partial charge < -0.3 is 10.4 Å². The van der Waals surface area contributed by atoms with E-state index in [1.807, 2.05) is 0 Å². The third-order valence-electron chi connectivity index (χ3n) is 3.03. The van der Waals surface area contributed by atoms with E-state index < -0.39 is 20.7 Å². The lowest BCUT2D eigenvalue weighted by Gasteiger charge is -2.22. The van der Waals surface area contributed by atoms with Crippen LogP contribution in [0.2, 0.25) is 0 Å². The molecule has 22 heavy (non-hydrogen) atoms. The van der Waals surface area contributed by atoms with Crippen molar-refractivity contribution in [2.75, 3.05) is 13.6 Å². The summed E-state index contributed by atoms with van der Waals surface area (Å²) < 4.78 is 35.9. The highest BCUT2D eigenvalue weighted by Gasteiger charge is 2.21. The quantitative estimate of drug-likeness (QED) is 0.753. The van der Waals surface area contributed by atoms with Crippen molar-refractivity contribution in [1.82, 2.24) is 20.3 Å². The molecule has 0 saturated heterocycles. The highest BCUT2D eigenvalue weighted by molar-refractivity contribution is 7.86. The van der Waals surface area contributed by atoms with Gasteiger partial charge >= 0.3 is 10.2 Å². The van der Waals surface area contributed by atoms with E-state index >= 15 is 0 Å². The van der Waals surface area contributed by atoms with Gasteiger partial charge in [-0.1, -0.05) is 17.3 Å². The molecule has 0 aliphatic carbocycles. The highest BCUT2D eigenvalue weighted by atomic mass is 32.3. The molecule has 0 fully saturated rings. The van der Waals surface area contributed by atoms with Gasteiger partial charge in [0.1, 0.15) is 5.69 Å². The van der Waals surface area contributed by atoms with Crippen LogP contribution in [0.15, 0.2) is 35.4 Å². The van der Waals surface area contributed by atoms with E-state index in [2.05, 4.69) is 15.6 Å². The van der Waals surface area contributed by atoms with Crippen molar-refractivity contribution in [3.63, 3.8) is 0 Å². The Balaban J connectivity index is 2.18. The average Bonchev–Trinajstić information content (AvgIpc) is 2.85. The summed E-state index contributed by atoms with van der Waals surface area (Å²) in [6.45, 7) is 2.31. The number of nitrogens with one attached hydrogen (secondary N) is 1. The van der Waals surface area contributed by atoms with Crippen LogP contribution in [-0.2, 0) is 16.8 Å². The molecule has 0 spiro atoms. The van der Waals surface area contributed by atoms with Crippen LogP contribution >= 0.6 is 0 Å². The summed E-state index contributed by atoms with van der Waals surface area (Å²) in [5.41, 5.74) is 0.126. The largest absolute Gasteiger partial charge is 0.387 e. The molecule has 1 aromatic carbocycles. The maximum absolute atomic E-state index is 12.8. The van der Waals surface area contributed by atoms with E-state index in [9.17, 15) is 17.4 Å². The van der Waals surface area contributed by atoms with E-state index in [1.54, 1.807) is 20.2 Å². The highest BCUT2D eigenvalue weighted by Crippen LogP contribution is 2.20. The minimum absolute atomic E-state index is 0.248. The SMILES string of the molecule is CNCC(C)(O)Cn1cc(-c2ccc(S(=O)(=O)F)cc2)nn1. The Morgan fingerprint density at radius 3 is 2.55 bits per heavy atom. The number of hydrogen-bond acceptors (Lipinski definition) is 6. The van der Waals surface area contributed by atoms with Crippen molar-refractivity contribution in [1.29, 1.82) is 0 Å². The fourth-order valence-electron chi connectivity index (χ4n) is 2.08. The molecule has 7 nitrogen and oxygen atoms in total. The summed E-state index contributed by atoms with van der Waals surface area (Å²) in [4.78, 5) is -0.402. The number of nitrogens with zero attached hydrogens (tertiary/aromatic N) is 3. The number of hydrogen-bond donors (Lipinski definition) is 2. The predicted molar refractivity (Wildman–Crippen MR) is 78.3 cm³/mol. The number of aliphatic hydroxyl groups is 1. The lowest BCUT2D eigenvalue weighted by atomic mass is 10.1. The van der Waals surface area contributed by atoms with Crippen LogP contribution in [0.1, 0.15) is 6.92 Å². The van der Waals surface area contributed by atoms with Gasteiger partial charge in [-0.2, -0.15) is 8.42 Å². The van der Waals surface area contributed by atoms with Gasteiger partial charge in [0.05, 0.1) is 23.2 Å². The molecule has 1 aromatic heterocycles. The van der Waals surface area contributed by atoms with E-state index in [-0.39, 0.29) is 6.54 Å². The van der Waals surface area contributed by atoms with E-state index in [0.29, 0.717) is 17.8 Å². The Morgan fingerprint density at radius 2 is 2.00 bits per heavy atom. The average molecular weight is 328 g/mol. The van der Waals surface area contributed by atoms with Gasteiger partial charge in [0, 0.05) is 12.1 Å². The maximum Gasteiger partial charge on any atom is 0.332 e.